The van der Waals surface area contributed by atoms with Crippen molar-refractivity contribution in [1.82, 2.24) is 5.16 Å². The van der Waals surface area contributed by atoms with Gasteiger partial charge in [-0.25, -0.2) is 0 Å². The molecule has 2 rings (SSSR count). The highest BCUT2D eigenvalue weighted by atomic mass is 127. The van der Waals surface area contributed by atoms with Crippen molar-refractivity contribution >= 4 is 40.0 Å². The minimum absolute atomic E-state index is 0.226. The summed E-state index contributed by atoms with van der Waals surface area (Å²) in [5.74, 6) is 0.756. The second-order valence-electron chi connectivity index (χ2n) is 3.15. The van der Waals surface area contributed by atoms with Gasteiger partial charge in [0.25, 0.3) is 0 Å². The van der Waals surface area contributed by atoms with Gasteiger partial charge in [0, 0.05) is 9.13 Å². The van der Waals surface area contributed by atoms with Gasteiger partial charge in [0.05, 0.1) is 0 Å². The Bertz CT molecular complexity index is 510. The van der Waals surface area contributed by atoms with Gasteiger partial charge in [0.1, 0.15) is 5.02 Å². The first kappa shape index (κ1) is 10.8. The van der Waals surface area contributed by atoms with Crippen molar-refractivity contribution in [1.29, 1.82) is 0 Å². The molecule has 1 aromatic carbocycles. The van der Waals surface area contributed by atoms with Crippen LogP contribution in [-0.2, 0) is 0 Å². The summed E-state index contributed by atoms with van der Waals surface area (Å²) in [6.07, 6.45) is 0. The molecular formula is C10H8ClIN2O. The van der Waals surface area contributed by atoms with Crippen molar-refractivity contribution in [3.05, 3.63) is 32.4 Å². The highest BCUT2D eigenvalue weighted by molar-refractivity contribution is 14.1. The van der Waals surface area contributed by atoms with E-state index in [0.717, 1.165) is 9.13 Å². The lowest BCUT2D eigenvalue weighted by Gasteiger charge is -2.03. The van der Waals surface area contributed by atoms with E-state index in [0.29, 0.717) is 10.8 Å². The van der Waals surface area contributed by atoms with Crippen LogP contribution in [0.4, 0.5) is 5.82 Å². The molecule has 0 unspecified atom stereocenters. The Morgan fingerprint density at radius 3 is 2.80 bits per heavy atom. The number of halogens is 2. The van der Waals surface area contributed by atoms with E-state index in [1.807, 2.05) is 25.1 Å². The molecule has 2 N–H and O–H groups in total. The van der Waals surface area contributed by atoms with E-state index < -0.39 is 0 Å². The molecule has 1 aromatic heterocycles. The summed E-state index contributed by atoms with van der Waals surface area (Å²) in [5.41, 5.74) is 7.61. The van der Waals surface area contributed by atoms with Gasteiger partial charge in [-0.1, -0.05) is 28.9 Å². The molecular weight excluding hydrogens is 326 g/mol. The molecule has 3 nitrogen and oxygen atoms in total. The molecule has 0 bridgehead atoms. The molecule has 1 heterocycles. The van der Waals surface area contributed by atoms with Crippen LogP contribution in [0.15, 0.2) is 22.7 Å². The molecule has 0 saturated heterocycles. The van der Waals surface area contributed by atoms with E-state index >= 15 is 0 Å². The van der Waals surface area contributed by atoms with E-state index in [4.69, 9.17) is 21.9 Å². The van der Waals surface area contributed by atoms with Gasteiger partial charge in [-0.3, -0.25) is 0 Å². The van der Waals surface area contributed by atoms with Crippen molar-refractivity contribution in [2.75, 3.05) is 5.73 Å². The summed E-state index contributed by atoms with van der Waals surface area (Å²) in [6.45, 7) is 2.03. The molecule has 0 atom stereocenters. The van der Waals surface area contributed by atoms with Crippen molar-refractivity contribution in [2.24, 2.45) is 0 Å². The lowest BCUT2D eigenvalue weighted by Crippen LogP contribution is -1.86. The zero-order chi connectivity index (χ0) is 11.0. The van der Waals surface area contributed by atoms with Crippen LogP contribution in [0.5, 0.6) is 0 Å². The van der Waals surface area contributed by atoms with Crippen LogP contribution in [0.1, 0.15) is 5.56 Å². The largest absolute Gasteiger partial charge is 0.380 e. The van der Waals surface area contributed by atoms with Crippen molar-refractivity contribution in [3.63, 3.8) is 0 Å². The van der Waals surface area contributed by atoms with E-state index in [2.05, 4.69) is 27.7 Å². The lowest BCUT2D eigenvalue weighted by molar-refractivity contribution is 0.435. The number of nitrogen functional groups attached to an aromatic ring is 1. The predicted octanol–water partition coefficient (Wildman–Crippen LogP) is 3.49. The van der Waals surface area contributed by atoms with Crippen molar-refractivity contribution in [3.8, 4) is 11.3 Å². The van der Waals surface area contributed by atoms with Gasteiger partial charge in [-0.2, -0.15) is 0 Å². The third-order valence-corrected chi connectivity index (χ3v) is 3.89. The Morgan fingerprint density at radius 1 is 1.47 bits per heavy atom. The standard InChI is InChI=1S/C10H8ClIN2O/c1-5-3-2-4-6(8(5)12)9-7(11)10(13)14-15-9/h2-4H,1H3,(H2,13,14). The maximum atomic E-state index is 5.98. The molecule has 5 heteroatoms. The molecule has 0 spiro atoms. The first-order chi connectivity index (χ1) is 7.11. The normalized spacial score (nSPS) is 10.6. The Morgan fingerprint density at radius 2 is 2.20 bits per heavy atom. The number of aryl methyl sites for hydroxylation is 1. The maximum absolute atomic E-state index is 5.98. The van der Waals surface area contributed by atoms with Gasteiger partial charge >= 0.3 is 0 Å². The minimum atomic E-state index is 0.226. The van der Waals surface area contributed by atoms with Gasteiger partial charge in [0.2, 0.25) is 0 Å². The molecule has 0 aliphatic heterocycles. The average molecular weight is 335 g/mol. The van der Waals surface area contributed by atoms with Crippen LogP contribution in [-0.4, -0.2) is 5.16 Å². The maximum Gasteiger partial charge on any atom is 0.188 e. The average Bonchev–Trinajstić information content (AvgIpc) is 2.53. The van der Waals surface area contributed by atoms with Gasteiger partial charge < -0.3 is 10.3 Å². The van der Waals surface area contributed by atoms with Crippen LogP contribution in [0.25, 0.3) is 11.3 Å². The van der Waals surface area contributed by atoms with E-state index in [-0.39, 0.29) is 5.82 Å². The quantitative estimate of drug-likeness (QED) is 0.812. The Hall–Kier alpha value is -0.750. The molecule has 0 fully saturated rings. The van der Waals surface area contributed by atoms with Crippen LogP contribution in [0, 0.1) is 10.5 Å². The summed E-state index contributed by atoms with van der Waals surface area (Å²) < 4.78 is 6.20. The van der Waals surface area contributed by atoms with E-state index in [9.17, 15) is 0 Å². The number of benzene rings is 1. The van der Waals surface area contributed by atoms with Crippen LogP contribution >= 0.6 is 34.2 Å². The second kappa shape index (κ2) is 4.02. The monoisotopic (exact) mass is 334 g/mol. The molecule has 0 saturated carbocycles. The first-order valence-corrected chi connectivity index (χ1v) is 5.73. The van der Waals surface area contributed by atoms with Crippen molar-refractivity contribution in [2.45, 2.75) is 6.92 Å². The predicted molar refractivity (Wildman–Crippen MR) is 68.8 cm³/mol. The third-order valence-electron chi connectivity index (χ3n) is 2.10. The summed E-state index contributed by atoms with van der Waals surface area (Å²) >= 11 is 8.23. The highest BCUT2D eigenvalue weighted by Gasteiger charge is 2.16. The lowest BCUT2D eigenvalue weighted by atomic mass is 10.1. The number of nitrogens with zero attached hydrogens (tertiary/aromatic N) is 1. The summed E-state index contributed by atoms with van der Waals surface area (Å²) in [7, 11) is 0. The minimum Gasteiger partial charge on any atom is -0.380 e. The summed E-state index contributed by atoms with van der Waals surface area (Å²) in [6, 6.07) is 5.90. The Kier molecular flexibility index (Phi) is 2.88. The molecule has 2 aromatic rings. The van der Waals surface area contributed by atoms with Gasteiger partial charge in [-0.05, 0) is 41.1 Å². The Labute approximate surface area is 106 Å². The topological polar surface area (TPSA) is 52.0 Å². The zero-order valence-electron chi connectivity index (χ0n) is 7.92. The highest BCUT2D eigenvalue weighted by Crippen LogP contribution is 2.35. The summed E-state index contributed by atoms with van der Waals surface area (Å²) in [4.78, 5) is 0. The van der Waals surface area contributed by atoms with Crippen molar-refractivity contribution < 1.29 is 4.52 Å². The number of anilines is 1. The SMILES string of the molecule is Cc1cccc(-c2onc(N)c2Cl)c1I. The van der Waals surface area contributed by atoms with Crippen LogP contribution in [0.2, 0.25) is 5.02 Å². The second-order valence-corrected chi connectivity index (χ2v) is 4.60. The van der Waals surface area contributed by atoms with Crippen LogP contribution in [0.3, 0.4) is 0 Å². The smallest absolute Gasteiger partial charge is 0.188 e. The summed E-state index contributed by atoms with van der Waals surface area (Å²) in [5, 5.41) is 4.00. The third kappa shape index (κ3) is 1.83. The first-order valence-electron chi connectivity index (χ1n) is 4.27. The fourth-order valence-corrected chi connectivity index (χ4v) is 2.06. The van der Waals surface area contributed by atoms with E-state index in [1.165, 1.54) is 5.56 Å². The fourth-order valence-electron chi connectivity index (χ4n) is 1.28. The zero-order valence-corrected chi connectivity index (χ0v) is 10.8. The fraction of sp³-hybridized carbons (Fsp3) is 0.100. The van der Waals surface area contributed by atoms with Gasteiger partial charge in [-0.15, -0.1) is 0 Å². The number of aromatic nitrogens is 1. The van der Waals surface area contributed by atoms with E-state index in [1.54, 1.807) is 0 Å². The number of hydrogen-bond acceptors (Lipinski definition) is 3. The Balaban J connectivity index is 2.64. The molecule has 0 amide bonds. The molecule has 15 heavy (non-hydrogen) atoms. The number of rotatable bonds is 1. The number of hydrogen-bond donors (Lipinski definition) is 1. The molecule has 0 radical (unpaired) electrons. The molecule has 0 aliphatic carbocycles. The number of nitrogens with two attached hydrogens (primary N) is 1. The van der Waals surface area contributed by atoms with Gasteiger partial charge in [0.15, 0.2) is 11.6 Å². The van der Waals surface area contributed by atoms with Crippen LogP contribution < -0.4 is 5.73 Å². The molecule has 0 aliphatic rings. The molecule has 78 valence electrons.